The van der Waals surface area contributed by atoms with Crippen LogP contribution in [-0.2, 0) is 19.4 Å². The molecule has 0 bridgehead atoms. The molecule has 0 aliphatic carbocycles. The van der Waals surface area contributed by atoms with Crippen molar-refractivity contribution >= 4 is 11.8 Å². The predicted octanol–water partition coefficient (Wildman–Crippen LogP) is -3.55. The van der Waals surface area contributed by atoms with E-state index < -0.39 is 36.4 Å². The Hall–Kier alpha value is -1.06. The van der Waals surface area contributed by atoms with Gasteiger partial charge in [-0.25, -0.2) is 4.79 Å². The molecule has 1 fully saturated rings. The minimum atomic E-state index is -2.96. The third-order valence-corrected chi connectivity index (χ3v) is 1.71. The van der Waals surface area contributed by atoms with Crippen LogP contribution in [0.15, 0.2) is 0 Å². The van der Waals surface area contributed by atoms with Crippen LogP contribution < -0.4 is 0 Å². The van der Waals surface area contributed by atoms with Crippen molar-refractivity contribution in [3.63, 3.8) is 0 Å². The van der Waals surface area contributed by atoms with Crippen LogP contribution in [0.2, 0.25) is 0 Å². The zero-order valence-electron chi connectivity index (χ0n) is 6.78. The lowest BCUT2D eigenvalue weighted by Gasteiger charge is -2.24. The van der Waals surface area contributed by atoms with E-state index in [-0.39, 0.29) is 0 Å². The number of aliphatic hydroxyl groups excluding tert-OH is 3. The van der Waals surface area contributed by atoms with Crippen LogP contribution >= 0.6 is 0 Å². The summed E-state index contributed by atoms with van der Waals surface area (Å²) in [6.07, 6.45) is -4.01. The molecule has 1 aliphatic rings. The maximum atomic E-state index is 10.9. The molecule has 1 aliphatic heterocycles. The maximum absolute atomic E-state index is 10.9. The minimum Gasteiger partial charge on any atom is -0.394 e. The monoisotopic (exact) mass is 208 g/mol. The van der Waals surface area contributed by atoms with Crippen molar-refractivity contribution in [1.82, 2.24) is 0 Å². The number of hydrogen-bond donors (Lipinski definition) is 4. The molecule has 0 saturated carbocycles. The Bertz CT molecular complexity index is 263. The summed E-state index contributed by atoms with van der Waals surface area (Å²) >= 11 is 0. The van der Waals surface area contributed by atoms with E-state index in [0.717, 1.165) is 0 Å². The van der Waals surface area contributed by atoms with E-state index >= 15 is 0 Å². The molecule has 3 atom stereocenters. The van der Waals surface area contributed by atoms with Gasteiger partial charge < -0.3 is 20.4 Å². The standard InChI is InChI=1S/C6H8O8/c7-1-2(8)3(9)6(12)4(10)5(11)13-14-6/h2-3,7-9,12H,1H2/t2-,3-,6+/m1/s1. The van der Waals surface area contributed by atoms with Crippen LogP contribution in [0.5, 0.6) is 0 Å². The predicted molar refractivity (Wildman–Crippen MR) is 36.2 cm³/mol. The van der Waals surface area contributed by atoms with Crippen LogP contribution in [0.3, 0.4) is 0 Å². The first-order valence-corrected chi connectivity index (χ1v) is 3.57. The largest absolute Gasteiger partial charge is 0.414 e. The molecule has 80 valence electrons. The first kappa shape index (κ1) is 11.0. The zero-order valence-corrected chi connectivity index (χ0v) is 6.78. The number of aliphatic hydroxyl groups is 4. The van der Waals surface area contributed by atoms with E-state index in [1.807, 2.05) is 0 Å². The fraction of sp³-hybridized carbons (Fsp3) is 0.667. The van der Waals surface area contributed by atoms with Gasteiger partial charge in [0.25, 0.3) is 0 Å². The topological polar surface area (TPSA) is 134 Å². The van der Waals surface area contributed by atoms with Crippen LogP contribution in [0, 0.1) is 0 Å². The minimum absolute atomic E-state index is 0.922. The summed E-state index contributed by atoms with van der Waals surface area (Å²) in [5.74, 6) is -5.99. The van der Waals surface area contributed by atoms with Gasteiger partial charge in [-0.05, 0) is 0 Å². The highest BCUT2D eigenvalue weighted by molar-refractivity contribution is 6.37. The van der Waals surface area contributed by atoms with Crippen LogP contribution in [0.1, 0.15) is 0 Å². The SMILES string of the molecule is O=C1OO[C@@](O)([C@H](O)[C@H](O)CO)C1=O. The van der Waals surface area contributed by atoms with E-state index in [4.69, 9.17) is 15.3 Å². The normalized spacial score (nSPS) is 31.4. The van der Waals surface area contributed by atoms with Crippen molar-refractivity contribution in [3.05, 3.63) is 0 Å². The highest BCUT2D eigenvalue weighted by Gasteiger charge is 2.58. The number of ketones is 1. The van der Waals surface area contributed by atoms with Crippen molar-refractivity contribution < 1.29 is 39.8 Å². The van der Waals surface area contributed by atoms with Crippen LogP contribution in [-0.4, -0.2) is 56.8 Å². The Kier molecular flexibility index (Phi) is 2.83. The van der Waals surface area contributed by atoms with Gasteiger partial charge in [-0.2, -0.15) is 0 Å². The van der Waals surface area contributed by atoms with Gasteiger partial charge in [0.1, 0.15) is 12.2 Å². The third kappa shape index (κ3) is 1.49. The third-order valence-electron chi connectivity index (χ3n) is 1.71. The Morgan fingerprint density at radius 1 is 1.36 bits per heavy atom. The van der Waals surface area contributed by atoms with Gasteiger partial charge >= 0.3 is 17.5 Å². The Balaban J connectivity index is 2.85. The fourth-order valence-electron chi connectivity index (χ4n) is 0.868. The molecule has 1 heterocycles. The van der Waals surface area contributed by atoms with Crippen molar-refractivity contribution in [2.24, 2.45) is 0 Å². The molecule has 0 spiro atoms. The Morgan fingerprint density at radius 2 is 1.93 bits per heavy atom. The summed E-state index contributed by atoms with van der Waals surface area (Å²) in [7, 11) is 0. The fourth-order valence-corrected chi connectivity index (χ4v) is 0.868. The van der Waals surface area contributed by atoms with Gasteiger partial charge in [-0.3, -0.25) is 9.68 Å². The Labute approximate surface area is 77.2 Å². The molecule has 1 saturated heterocycles. The maximum Gasteiger partial charge on any atom is 0.414 e. The van der Waals surface area contributed by atoms with Crippen molar-refractivity contribution in [2.75, 3.05) is 6.61 Å². The van der Waals surface area contributed by atoms with Gasteiger partial charge in [0.05, 0.1) is 6.61 Å². The van der Waals surface area contributed by atoms with Gasteiger partial charge in [0.15, 0.2) is 0 Å². The van der Waals surface area contributed by atoms with Crippen LogP contribution in [0.4, 0.5) is 0 Å². The quantitative estimate of drug-likeness (QED) is 0.276. The number of rotatable bonds is 3. The average molecular weight is 208 g/mol. The molecule has 8 heteroatoms. The molecule has 0 aromatic heterocycles. The van der Waals surface area contributed by atoms with Gasteiger partial charge in [-0.1, -0.05) is 0 Å². The lowest BCUT2D eigenvalue weighted by atomic mass is 10.0. The number of carbonyl (C=O) groups excluding carboxylic acids is 2. The summed E-state index contributed by atoms with van der Waals surface area (Å²) in [5.41, 5.74) is 0. The van der Waals surface area contributed by atoms with Crippen molar-refractivity contribution in [3.8, 4) is 0 Å². The first-order chi connectivity index (χ1) is 6.43. The molecular weight excluding hydrogens is 200 g/mol. The second kappa shape index (κ2) is 3.59. The first-order valence-electron chi connectivity index (χ1n) is 3.57. The Morgan fingerprint density at radius 3 is 2.29 bits per heavy atom. The molecule has 1 rings (SSSR count). The van der Waals surface area contributed by atoms with E-state index in [1.165, 1.54) is 0 Å². The van der Waals surface area contributed by atoms with E-state index in [9.17, 15) is 14.7 Å². The van der Waals surface area contributed by atoms with E-state index in [1.54, 1.807) is 0 Å². The molecular formula is C6H8O8. The lowest BCUT2D eigenvalue weighted by molar-refractivity contribution is -0.375. The highest BCUT2D eigenvalue weighted by Crippen LogP contribution is 2.23. The number of Topliss-reactive ketones (excluding diaryl/α,β-unsaturated/α-hetero) is 1. The molecule has 14 heavy (non-hydrogen) atoms. The summed E-state index contributed by atoms with van der Waals surface area (Å²) in [5, 5.41) is 35.7. The number of hydrogen-bond acceptors (Lipinski definition) is 8. The zero-order chi connectivity index (χ0) is 10.9. The molecule has 0 amide bonds. The summed E-state index contributed by atoms with van der Waals surface area (Å²) < 4.78 is 0. The van der Waals surface area contributed by atoms with E-state index in [2.05, 4.69) is 9.78 Å². The van der Waals surface area contributed by atoms with Gasteiger partial charge in [0, 0.05) is 0 Å². The highest BCUT2D eigenvalue weighted by atomic mass is 17.2. The summed E-state index contributed by atoms with van der Waals surface area (Å²) in [4.78, 5) is 29.0. The molecule has 0 radical (unpaired) electrons. The van der Waals surface area contributed by atoms with Gasteiger partial charge in [0.2, 0.25) is 0 Å². The number of carbonyl (C=O) groups is 2. The van der Waals surface area contributed by atoms with Crippen molar-refractivity contribution in [1.29, 1.82) is 0 Å². The lowest BCUT2D eigenvalue weighted by Crippen LogP contribution is -2.55. The molecule has 0 aromatic rings. The molecule has 0 aromatic carbocycles. The molecule has 0 unspecified atom stereocenters. The van der Waals surface area contributed by atoms with E-state index in [0.29, 0.717) is 0 Å². The van der Waals surface area contributed by atoms with Crippen molar-refractivity contribution in [2.45, 2.75) is 18.0 Å². The second-order valence-electron chi connectivity index (χ2n) is 2.67. The second-order valence-corrected chi connectivity index (χ2v) is 2.67. The average Bonchev–Trinajstić information content (AvgIpc) is 2.45. The molecule has 4 N–H and O–H groups in total. The summed E-state index contributed by atoms with van der Waals surface area (Å²) in [6.45, 7) is -0.922. The smallest absolute Gasteiger partial charge is 0.394 e. The van der Waals surface area contributed by atoms with Crippen LogP contribution in [0.25, 0.3) is 0 Å². The summed E-state index contributed by atoms with van der Waals surface area (Å²) in [6, 6.07) is 0. The molecule has 8 nitrogen and oxygen atoms in total. The van der Waals surface area contributed by atoms with Gasteiger partial charge in [-0.15, -0.1) is 4.89 Å².